The Morgan fingerprint density at radius 2 is 2.43 bits per heavy atom. The van der Waals surface area contributed by atoms with Gasteiger partial charge in [-0.3, -0.25) is 9.59 Å². The van der Waals surface area contributed by atoms with Crippen molar-refractivity contribution in [3.63, 3.8) is 0 Å². The third-order valence-corrected chi connectivity index (χ3v) is 1.91. The van der Waals surface area contributed by atoms with E-state index in [9.17, 15) is 9.59 Å². The minimum Gasteiger partial charge on any atom is -0.481 e. The second kappa shape index (κ2) is 3.95. The van der Waals surface area contributed by atoms with Gasteiger partial charge in [-0.25, -0.2) is 0 Å². The molecule has 0 spiro atoms. The van der Waals surface area contributed by atoms with Gasteiger partial charge in [0.15, 0.2) is 0 Å². The first-order valence-electron chi connectivity index (χ1n) is 4.18. The molecule has 1 aliphatic rings. The number of carboxylic acids is 1. The van der Waals surface area contributed by atoms with Crippen molar-refractivity contribution < 1.29 is 14.7 Å². The first-order chi connectivity index (χ1) is 6.50. The fourth-order valence-electron chi connectivity index (χ4n) is 1.05. The van der Waals surface area contributed by atoms with Crippen LogP contribution in [0.15, 0.2) is 24.7 Å². The summed E-state index contributed by atoms with van der Waals surface area (Å²) < 4.78 is 0. The van der Waals surface area contributed by atoms with E-state index in [1.54, 1.807) is 11.8 Å². The van der Waals surface area contributed by atoms with Gasteiger partial charge >= 0.3 is 5.97 Å². The Kier molecular flexibility index (Phi) is 2.91. The summed E-state index contributed by atoms with van der Waals surface area (Å²) in [7, 11) is 0. The smallest absolute Gasteiger partial charge is 0.308 e. The minimum atomic E-state index is -0.872. The fraction of sp³-hybridized carbons (Fsp3) is 0.333. The maximum atomic E-state index is 10.8. The largest absolute Gasteiger partial charge is 0.481 e. The van der Waals surface area contributed by atoms with Gasteiger partial charge in [0.1, 0.15) is 5.82 Å². The Morgan fingerprint density at radius 3 is 2.93 bits per heavy atom. The number of nitrogens with one attached hydrogen (secondary N) is 1. The van der Waals surface area contributed by atoms with Crippen LogP contribution in [0.1, 0.15) is 6.92 Å². The van der Waals surface area contributed by atoms with E-state index in [-0.39, 0.29) is 5.91 Å². The summed E-state index contributed by atoms with van der Waals surface area (Å²) in [6.07, 6.45) is 2.86. The molecule has 0 aliphatic carbocycles. The van der Waals surface area contributed by atoms with E-state index in [2.05, 4.69) is 11.9 Å². The third-order valence-electron chi connectivity index (χ3n) is 1.91. The van der Waals surface area contributed by atoms with Gasteiger partial charge < -0.3 is 15.3 Å². The van der Waals surface area contributed by atoms with E-state index in [4.69, 9.17) is 5.11 Å². The molecule has 5 heteroatoms. The summed E-state index contributed by atoms with van der Waals surface area (Å²) in [5, 5.41) is 11.2. The molecular formula is C9H12N2O3. The maximum absolute atomic E-state index is 10.8. The van der Waals surface area contributed by atoms with E-state index in [0.717, 1.165) is 0 Å². The minimum absolute atomic E-state index is 0.241. The van der Waals surface area contributed by atoms with Crippen LogP contribution in [-0.4, -0.2) is 28.4 Å². The Hall–Kier alpha value is -1.78. The zero-order valence-electron chi connectivity index (χ0n) is 7.86. The molecule has 0 saturated carbocycles. The molecule has 0 bridgehead atoms. The molecule has 1 aliphatic heterocycles. The van der Waals surface area contributed by atoms with Crippen LogP contribution in [0.25, 0.3) is 0 Å². The predicted molar refractivity (Wildman–Crippen MR) is 49.9 cm³/mol. The van der Waals surface area contributed by atoms with E-state index >= 15 is 0 Å². The molecule has 0 unspecified atom stereocenters. The van der Waals surface area contributed by atoms with E-state index in [0.29, 0.717) is 12.4 Å². The van der Waals surface area contributed by atoms with Crippen LogP contribution in [0.3, 0.4) is 0 Å². The zero-order valence-corrected chi connectivity index (χ0v) is 7.86. The molecule has 0 aromatic heterocycles. The fourth-order valence-corrected chi connectivity index (χ4v) is 1.05. The molecular weight excluding hydrogens is 184 g/mol. The predicted octanol–water partition coefficient (Wildman–Crippen LogP) is 0.124. The number of hydrogen-bond acceptors (Lipinski definition) is 3. The van der Waals surface area contributed by atoms with Crippen LogP contribution in [0.5, 0.6) is 0 Å². The van der Waals surface area contributed by atoms with Crippen molar-refractivity contribution in [3.05, 3.63) is 24.7 Å². The molecule has 0 aromatic carbocycles. The van der Waals surface area contributed by atoms with Crippen molar-refractivity contribution in [2.45, 2.75) is 6.92 Å². The van der Waals surface area contributed by atoms with Gasteiger partial charge in [0, 0.05) is 18.8 Å². The second-order valence-electron chi connectivity index (χ2n) is 3.14. The van der Waals surface area contributed by atoms with Crippen molar-refractivity contribution in [1.29, 1.82) is 0 Å². The highest BCUT2D eigenvalue weighted by molar-refractivity contribution is 5.89. The summed E-state index contributed by atoms with van der Waals surface area (Å²) in [4.78, 5) is 23.0. The number of rotatable bonds is 3. The average Bonchev–Trinajstić information content (AvgIpc) is 2.09. The molecule has 2 N–H and O–H groups in total. The molecule has 0 aromatic rings. The van der Waals surface area contributed by atoms with Crippen molar-refractivity contribution in [2.75, 3.05) is 6.54 Å². The Balaban J connectivity index is 2.61. The second-order valence-corrected chi connectivity index (χ2v) is 3.14. The lowest BCUT2D eigenvalue weighted by molar-refractivity contribution is -0.141. The van der Waals surface area contributed by atoms with Crippen LogP contribution in [0, 0.1) is 5.92 Å². The van der Waals surface area contributed by atoms with Gasteiger partial charge in [0.05, 0.1) is 5.92 Å². The van der Waals surface area contributed by atoms with Crippen LogP contribution >= 0.6 is 0 Å². The van der Waals surface area contributed by atoms with Gasteiger partial charge in [-0.1, -0.05) is 13.5 Å². The highest BCUT2D eigenvalue weighted by Crippen LogP contribution is 2.09. The summed E-state index contributed by atoms with van der Waals surface area (Å²) in [5.74, 6) is -1.21. The average molecular weight is 196 g/mol. The molecule has 0 saturated heterocycles. The quantitative estimate of drug-likeness (QED) is 0.672. The van der Waals surface area contributed by atoms with Crippen molar-refractivity contribution in [3.8, 4) is 0 Å². The molecule has 0 radical (unpaired) electrons. The number of aliphatic carboxylic acids is 1. The molecule has 76 valence electrons. The molecule has 5 nitrogen and oxygen atoms in total. The lowest BCUT2D eigenvalue weighted by Crippen LogP contribution is -2.38. The van der Waals surface area contributed by atoms with Gasteiger partial charge in [0.2, 0.25) is 0 Å². The van der Waals surface area contributed by atoms with E-state index in [1.807, 2.05) is 0 Å². The topological polar surface area (TPSA) is 69.6 Å². The van der Waals surface area contributed by atoms with Gasteiger partial charge in [-0.2, -0.15) is 0 Å². The summed E-state index contributed by atoms with van der Waals surface area (Å²) in [5.41, 5.74) is 0. The van der Waals surface area contributed by atoms with Crippen molar-refractivity contribution in [2.24, 2.45) is 5.92 Å². The third kappa shape index (κ3) is 2.35. The van der Waals surface area contributed by atoms with Crippen LogP contribution in [0.2, 0.25) is 0 Å². The summed E-state index contributed by atoms with van der Waals surface area (Å²) >= 11 is 0. The summed E-state index contributed by atoms with van der Waals surface area (Å²) in [6, 6.07) is 0. The number of carboxylic acid groups (broad SMARTS) is 1. The number of amides is 1. The zero-order chi connectivity index (χ0) is 10.7. The standard InChI is InChI=1S/C9H12N2O3/c1-6(9(13)14)5-11-4-3-8(12)10-7(11)2/h3-4,6H,2,5H2,1H3,(H,10,12)(H,13,14)/t6-/m0/s1. The molecule has 1 rings (SSSR count). The van der Waals surface area contributed by atoms with Crippen LogP contribution in [0.4, 0.5) is 0 Å². The molecule has 1 amide bonds. The molecule has 1 atom stereocenters. The lowest BCUT2D eigenvalue weighted by Gasteiger charge is -2.27. The van der Waals surface area contributed by atoms with Crippen molar-refractivity contribution >= 4 is 11.9 Å². The van der Waals surface area contributed by atoms with Crippen LogP contribution < -0.4 is 5.32 Å². The number of nitrogens with zero attached hydrogens (tertiary/aromatic N) is 1. The first kappa shape index (κ1) is 10.3. The highest BCUT2D eigenvalue weighted by Gasteiger charge is 2.18. The van der Waals surface area contributed by atoms with E-state index in [1.165, 1.54) is 12.3 Å². The summed E-state index contributed by atoms with van der Waals surface area (Å²) in [6.45, 7) is 5.50. The maximum Gasteiger partial charge on any atom is 0.308 e. The Labute approximate surface area is 81.7 Å². The SMILES string of the molecule is C=C1NC(=O)C=CN1C[C@H](C)C(=O)O. The van der Waals surface area contributed by atoms with E-state index < -0.39 is 11.9 Å². The molecule has 1 heterocycles. The molecule has 14 heavy (non-hydrogen) atoms. The Morgan fingerprint density at radius 1 is 1.79 bits per heavy atom. The number of hydrogen-bond donors (Lipinski definition) is 2. The first-order valence-corrected chi connectivity index (χ1v) is 4.18. The number of carbonyl (C=O) groups excluding carboxylic acids is 1. The van der Waals surface area contributed by atoms with Crippen LogP contribution in [-0.2, 0) is 9.59 Å². The monoisotopic (exact) mass is 196 g/mol. The highest BCUT2D eigenvalue weighted by atomic mass is 16.4. The Bertz CT molecular complexity index is 309. The lowest BCUT2D eigenvalue weighted by atomic mass is 10.1. The van der Waals surface area contributed by atoms with Crippen molar-refractivity contribution in [1.82, 2.24) is 10.2 Å². The van der Waals surface area contributed by atoms with Gasteiger partial charge in [0.25, 0.3) is 5.91 Å². The number of carbonyl (C=O) groups is 2. The normalized spacial score (nSPS) is 17.9. The van der Waals surface area contributed by atoms with Gasteiger partial charge in [-0.15, -0.1) is 0 Å². The molecule has 0 fully saturated rings. The van der Waals surface area contributed by atoms with Gasteiger partial charge in [-0.05, 0) is 0 Å².